The second-order valence-corrected chi connectivity index (χ2v) is 7.77. The van der Waals surface area contributed by atoms with E-state index in [-0.39, 0.29) is 11.8 Å². The fraction of sp³-hybridized carbons (Fsp3) is 0.348. The highest BCUT2D eigenvalue weighted by Crippen LogP contribution is 2.35. The number of hydrogen-bond acceptors (Lipinski definition) is 6. The number of carbonyl (C=O) groups excluding carboxylic acids is 1. The fourth-order valence-electron chi connectivity index (χ4n) is 4.30. The van der Waals surface area contributed by atoms with Gasteiger partial charge in [-0.3, -0.25) is 4.79 Å². The number of benzene rings is 2. The SMILES string of the molecule is COc1cc(OC)cc(-c2noc(C3CC(=O)N(c4ccc5c(c4)CCC5)C3)n2)c1. The van der Waals surface area contributed by atoms with Crippen LogP contribution in [-0.2, 0) is 17.6 Å². The Hall–Kier alpha value is -3.35. The summed E-state index contributed by atoms with van der Waals surface area (Å²) in [6, 6.07) is 11.8. The maximum absolute atomic E-state index is 12.7. The molecule has 1 aliphatic heterocycles. The van der Waals surface area contributed by atoms with Crippen molar-refractivity contribution in [1.29, 1.82) is 0 Å². The van der Waals surface area contributed by atoms with E-state index < -0.39 is 0 Å². The van der Waals surface area contributed by atoms with Crippen LogP contribution in [0.4, 0.5) is 5.69 Å². The molecule has 0 saturated carbocycles. The normalized spacial score (nSPS) is 18.0. The minimum atomic E-state index is -0.125. The number of hydrogen-bond donors (Lipinski definition) is 0. The number of rotatable bonds is 5. The Balaban J connectivity index is 1.38. The molecular weight excluding hydrogens is 382 g/mol. The summed E-state index contributed by atoms with van der Waals surface area (Å²) in [7, 11) is 3.19. The lowest BCUT2D eigenvalue weighted by atomic mass is 10.1. The molecule has 2 heterocycles. The molecule has 30 heavy (non-hydrogen) atoms. The van der Waals surface area contributed by atoms with E-state index in [2.05, 4.69) is 22.3 Å². The van der Waals surface area contributed by atoms with Gasteiger partial charge < -0.3 is 18.9 Å². The van der Waals surface area contributed by atoms with Crippen molar-refractivity contribution in [2.45, 2.75) is 31.6 Å². The molecule has 2 aromatic carbocycles. The van der Waals surface area contributed by atoms with Crippen molar-refractivity contribution in [2.75, 3.05) is 25.7 Å². The molecule has 1 unspecified atom stereocenters. The van der Waals surface area contributed by atoms with Crippen LogP contribution in [0.1, 0.15) is 35.8 Å². The van der Waals surface area contributed by atoms with Gasteiger partial charge in [0.05, 0.1) is 20.1 Å². The van der Waals surface area contributed by atoms with Crippen LogP contribution < -0.4 is 14.4 Å². The zero-order valence-electron chi connectivity index (χ0n) is 17.1. The summed E-state index contributed by atoms with van der Waals surface area (Å²) in [5.74, 6) is 2.18. The Morgan fingerprint density at radius 3 is 2.57 bits per heavy atom. The minimum absolute atomic E-state index is 0.0840. The van der Waals surface area contributed by atoms with Crippen LogP contribution in [0.15, 0.2) is 40.9 Å². The van der Waals surface area contributed by atoms with Crippen molar-refractivity contribution in [1.82, 2.24) is 10.1 Å². The molecule has 1 aliphatic carbocycles. The van der Waals surface area contributed by atoms with Gasteiger partial charge >= 0.3 is 0 Å². The maximum Gasteiger partial charge on any atom is 0.232 e. The predicted molar refractivity (Wildman–Crippen MR) is 111 cm³/mol. The van der Waals surface area contributed by atoms with Crippen molar-refractivity contribution in [3.63, 3.8) is 0 Å². The fourth-order valence-corrected chi connectivity index (χ4v) is 4.30. The molecule has 3 aromatic rings. The number of carbonyl (C=O) groups is 1. The largest absolute Gasteiger partial charge is 0.497 e. The second-order valence-electron chi connectivity index (χ2n) is 7.77. The Kier molecular flexibility index (Phi) is 4.65. The minimum Gasteiger partial charge on any atom is -0.497 e. The summed E-state index contributed by atoms with van der Waals surface area (Å²) < 4.78 is 16.2. The quantitative estimate of drug-likeness (QED) is 0.643. The molecule has 7 nitrogen and oxygen atoms in total. The number of methoxy groups -OCH3 is 2. The predicted octanol–water partition coefficient (Wildman–Crippen LogP) is 3.76. The molecule has 1 fully saturated rings. The van der Waals surface area contributed by atoms with Crippen LogP contribution in [0.5, 0.6) is 11.5 Å². The van der Waals surface area contributed by atoms with Crippen molar-refractivity contribution >= 4 is 11.6 Å². The average molecular weight is 405 g/mol. The standard InChI is InChI=1S/C23H23N3O4/c1-28-19-9-16(10-20(12-19)29-2)22-24-23(30-25-22)17-11-21(27)26(13-17)18-7-6-14-4-3-5-15(14)8-18/h6-10,12,17H,3-5,11,13H2,1-2H3. The lowest BCUT2D eigenvalue weighted by molar-refractivity contribution is -0.117. The van der Waals surface area contributed by atoms with Gasteiger partial charge in [0.2, 0.25) is 17.6 Å². The van der Waals surface area contributed by atoms with E-state index >= 15 is 0 Å². The molecule has 0 N–H and O–H groups in total. The lowest BCUT2D eigenvalue weighted by Gasteiger charge is -2.17. The molecule has 7 heteroatoms. The molecule has 0 spiro atoms. The molecule has 1 amide bonds. The monoisotopic (exact) mass is 405 g/mol. The van der Waals surface area contributed by atoms with E-state index in [1.165, 1.54) is 17.5 Å². The highest BCUT2D eigenvalue weighted by Gasteiger charge is 2.35. The van der Waals surface area contributed by atoms with E-state index in [4.69, 9.17) is 14.0 Å². The van der Waals surface area contributed by atoms with E-state index in [0.29, 0.717) is 36.2 Å². The van der Waals surface area contributed by atoms with Crippen molar-refractivity contribution in [3.8, 4) is 22.9 Å². The highest BCUT2D eigenvalue weighted by atomic mass is 16.5. The number of aryl methyl sites for hydroxylation is 2. The van der Waals surface area contributed by atoms with E-state index in [0.717, 1.165) is 24.1 Å². The smallest absolute Gasteiger partial charge is 0.232 e. The Labute approximate surface area is 174 Å². The first-order valence-corrected chi connectivity index (χ1v) is 10.1. The first-order chi connectivity index (χ1) is 14.6. The van der Waals surface area contributed by atoms with Gasteiger partial charge in [0.15, 0.2) is 0 Å². The van der Waals surface area contributed by atoms with E-state index in [1.807, 2.05) is 23.1 Å². The molecule has 1 atom stereocenters. The van der Waals surface area contributed by atoms with Crippen molar-refractivity contribution in [2.24, 2.45) is 0 Å². The summed E-state index contributed by atoms with van der Waals surface area (Å²) in [6.45, 7) is 0.542. The Morgan fingerprint density at radius 1 is 1.03 bits per heavy atom. The van der Waals surface area contributed by atoms with Crippen LogP contribution >= 0.6 is 0 Å². The van der Waals surface area contributed by atoms with Gasteiger partial charge in [-0.2, -0.15) is 4.98 Å². The zero-order valence-corrected chi connectivity index (χ0v) is 17.1. The van der Waals surface area contributed by atoms with Gasteiger partial charge in [-0.15, -0.1) is 0 Å². The van der Waals surface area contributed by atoms with Crippen LogP contribution in [0, 0.1) is 0 Å². The van der Waals surface area contributed by atoms with Gasteiger partial charge in [0.1, 0.15) is 11.5 Å². The van der Waals surface area contributed by atoms with Crippen LogP contribution in [-0.4, -0.2) is 36.8 Å². The van der Waals surface area contributed by atoms with Gasteiger partial charge in [0, 0.05) is 30.3 Å². The third-order valence-corrected chi connectivity index (χ3v) is 5.92. The Bertz CT molecular complexity index is 1090. The van der Waals surface area contributed by atoms with Crippen LogP contribution in [0.3, 0.4) is 0 Å². The Morgan fingerprint density at radius 2 is 1.80 bits per heavy atom. The number of fused-ring (bicyclic) bond motifs is 1. The maximum atomic E-state index is 12.7. The molecular formula is C23H23N3O4. The first-order valence-electron chi connectivity index (χ1n) is 10.1. The number of anilines is 1. The zero-order chi connectivity index (χ0) is 20.7. The molecule has 1 aromatic heterocycles. The van der Waals surface area contributed by atoms with E-state index in [9.17, 15) is 4.79 Å². The third-order valence-electron chi connectivity index (χ3n) is 5.92. The molecule has 154 valence electrons. The van der Waals surface area contributed by atoms with Gasteiger partial charge in [0.25, 0.3) is 0 Å². The van der Waals surface area contributed by atoms with Gasteiger partial charge in [-0.05, 0) is 54.7 Å². The van der Waals surface area contributed by atoms with Crippen LogP contribution in [0.25, 0.3) is 11.4 Å². The summed E-state index contributed by atoms with van der Waals surface area (Å²) in [6.07, 6.45) is 3.77. The van der Waals surface area contributed by atoms with Crippen molar-refractivity contribution < 1.29 is 18.8 Å². The van der Waals surface area contributed by atoms with E-state index in [1.54, 1.807) is 20.3 Å². The van der Waals surface area contributed by atoms with Gasteiger partial charge in [-0.1, -0.05) is 11.2 Å². The average Bonchev–Trinajstić information content (AvgIpc) is 3.51. The molecule has 0 bridgehead atoms. The lowest BCUT2D eigenvalue weighted by Crippen LogP contribution is -2.24. The summed E-state index contributed by atoms with van der Waals surface area (Å²) >= 11 is 0. The van der Waals surface area contributed by atoms with Crippen molar-refractivity contribution in [3.05, 3.63) is 53.4 Å². The first kappa shape index (κ1) is 18.7. The molecule has 2 aliphatic rings. The number of ether oxygens (including phenoxy) is 2. The summed E-state index contributed by atoms with van der Waals surface area (Å²) in [5.41, 5.74) is 4.45. The number of amides is 1. The molecule has 5 rings (SSSR count). The summed E-state index contributed by atoms with van der Waals surface area (Å²) in [5, 5.41) is 4.12. The summed E-state index contributed by atoms with van der Waals surface area (Å²) in [4.78, 5) is 19.1. The van der Waals surface area contributed by atoms with Crippen LogP contribution in [0.2, 0.25) is 0 Å². The topological polar surface area (TPSA) is 77.7 Å². The molecule has 0 radical (unpaired) electrons. The third kappa shape index (κ3) is 3.30. The highest BCUT2D eigenvalue weighted by molar-refractivity contribution is 5.96. The second kappa shape index (κ2) is 7.48. The number of nitrogens with zero attached hydrogens (tertiary/aromatic N) is 3. The number of aromatic nitrogens is 2. The molecule has 1 saturated heterocycles. The van der Waals surface area contributed by atoms with Gasteiger partial charge in [-0.25, -0.2) is 0 Å².